The van der Waals surface area contributed by atoms with Gasteiger partial charge in [0.1, 0.15) is 0 Å². The maximum Gasteiger partial charge on any atom is 0.163 e. The van der Waals surface area contributed by atoms with E-state index in [0.717, 1.165) is 48.0 Å². The topological polar surface area (TPSA) is 46.5 Å². The van der Waals surface area contributed by atoms with Crippen LogP contribution in [0, 0.1) is 11.8 Å². The van der Waals surface area contributed by atoms with Crippen LogP contribution in [0.5, 0.6) is 0 Å². The molecule has 0 aromatic heterocycles. The van der Waals surface area contributed by atoms with Crippen LogP contribution in [-0.2, 0) is 9.53 Å². The third kappa shape index (κ3) is 4.41. The second-order valence-corrected chi connectivity index (χ2v) is 9.52. The Bertz CT molecular complexity index is 1080. The Morgan fingerprint density at radius 3 is 2.72 bits per heavy atom. The molecule has 3 nitrogen and oxygen atoms in total. The smallest absolute Gasteiger partial charge is 0.163 e. The van der Waals surface area contributed by atoms with Gasteiger partial charge >= 0.3 is 0 Å². The molecule has 5 aliphatic carbocycles. The number of allylic oxidation sites excluding steroid dienone is 15. The Kier molecular flexibility index (Phi) is 5.71. The van der Waals surface area contributed by atoms with E-state index < -0.39 is 5.60 Å². The molecule has 0 saturated heterocycles. The molecule has 0 radical (unpaired) electrons. The summed E-state index contributed by atoms with van der Waals surface area (Å²) in [5.41, 5.74) is 5.91. The monoisotopic (exact) mass is 426 g/mol. The summed E-state index contributed by atoms with van der Waals surface area (Å²) >= 11 is 0. The highest BCUT2D eigenvalue weighted by Crippen LogP contribution is 2.35. The lowest BCUT2D eigenvalue weighted by molar-refractivity contribution is -0.115. The molecule has 32 heavy (non-hydrogen) atoms. The number of rotatable bonds is 8. The van der Waals surface area contributed by atoms with E-state index in [9.17, 15) is 9.90 Å². The first-order chi connectivity index (χ1) is 15.5. The zero-order chi connectivity index (χ0) is 22.1. The molecule has 0 amide bonds. The fourth-order valence-corrected chi connectivity index (χ4v) is 4.92. The molecule has 5 rings (SSSR count). The standard InChI is InChI=1S/C29H30O3/c1-20-13-26(17-24-5-2-3-6-27(20)24)28(30)10-8-21-14-23-9-7-22(16-25(23)15-21)18-32-19-29(31)11-4-12-29/h2-3,5-7,9,13-17,25,27,31H,1,4,8,10-12,18-19H2. The Morgan fingerprint density at radius 1 is 1.06 bits per heavy atom. The summed E-state index contributed by atoms with van der Waals surface area (Å²) in [7, 11) is 0. The van der Waals surface area contributed by atoms with Crippen LogP contribution >= 0.6 is 0 Å². The molecule has 2 atom stereocenters. The molecule has 3 heteroatoms. The van der Waals surface area contributed by atoms with Crippen molar-refractivity contribution in [3.05, 3.63) is 107 Å². The number of Topliss-reactive ketones (excluding diaryl/α,β-unsaturated/α-hetero) is 1. The first kappa shape index (κ1) is 21.1. The Hall–Kier alpha value is -2.75. The van der Waals surface area contributed by atoms with Crippen molar-refractivity contribution in [1.82, 2.24) is 0 Å². The maximum absolute atomic E-state index is 12.9. The van der Waals surface area contributed by atoms with Crippen molar-refractivity contribution in [2.75, 3.05) is 13.2 Å². The summed E-state index contributed by atoms with van der Waals surface area (Å²) in [5.74, 6) is 0.630. The lowest BCUT2D eigenvalue weighted by Crippen LogP contribution is -2.41. The molecule has 1 N–H and O–H groups in total. The third-order valence-corrected chi connectivity index (χ3v) is 7.03. The van der Waals surface area contributed by atoms with Crippen LogP contribution in [-0.4, -0.2) is 29.7 Å². The molecule has 1 saturated carbocycles. The quantitative estimate of drug-likeness (QED) is 0.564. The largest absolute Gasteiger partial charge is 0.387 e. The van der Waals surface area contributed by atoms with E-state index >= 15 is 0 Å². The van der Waals surface area contributed by atoms with Gasteiger partial charge in [-0.25, -0.2) is 0 Å². The summed E-state index contributed by atoms with van der Waals surface area (Å²) in [6.45, 7) is 5.10. The second kappa shape index (κ2) is 8.65. The van der Waals surface area contributed by atoms with Gasteiger partial charge in [-0.15, -0.1) is 0 Å². The number of carbonyl (C=O) groups excluding carboxylic acids is 1. The van der Waals surface area contributed by atoms with Crippen LogP contribution in [0.15, 0.2) is 107 Å². The number of aliphatic hydroxyl groups is 1. The van der Waals surface area contributed by atoms with Gasteiger partial charge in [0.25, 0.3) is 0 Å². The SMILES string of the molecule is C=C1C=C(C(=O)CCC2=CC3C=C(COCC4(O)CCC4)C=CC3=C2)C=C2C=CC=CC12. The van der Waals surface area contributed by atoms with Crippen LogP contribution in [0.25, 0.3) is 0 Å². The van der Waals surface area contributed by atoms with E-state index in [1.165, 1.54) is 11.1 Å². The summed E-state index contributed by atoms with van der Waals surface area (Å²) in [6.07, 6.45) is 27.1. The lowest BCUT2D eigenvalue weighted by atomic mass is 9.81. The van der Waals surface area contributed by atoms with E-state index in [-0.39, 0.29) is 17.6 Å². The van der Waals surface area contributed by atoms with Crippen LogP contribution < -0.4 is 0 Å². The molecule has 2 unspecified atom stereocenters. The molecule has 0 spiro atoms. The number of ketones is 1. The van der Waals surface area contributed by atoms with Gasteiger partial charge in [-0.05, 0) is 60.1 Å². The highest BCUT2D eigenvalue weighted by molar-refractivity contribution is 5.99. The van der Waals surface area contributed by atoms with E-state index in [0.29, 0.717) is 19.6 Å². The van der Waals surface area contributed by atoms with Gasteiger partial charge in [0.05, 0.1) is 18.8 Å². The molecule has 164 valence electrons. The van der Waals surface area contributed by atoms with E-state index in [4.69, 9.17) is 4.74 Å². The lowest BCUT2D eigenvalue weighted by Gasteiger charge is -2.36. The molecule has 1 fully saturated rings. The zero-order valence-corrected chi connectivity index (χ0v) is 18.4. The molecule has 5 aliphatic rings. The molecular formula is C29H30O3. The minimum Gasteiger partial charge on any atom is -0.387 e. The van der Waals surface area contributed by atoms with Crippen molar-refractivity contribution in [3.63, 3.8) is 0 Å². The molecule has 0 aromatic rings. The summed E-state index contributed by atoms with van der Waals surface area (Å²) in [5, 5.41) is 10.2. The first-order valence-electron chi connectivity index (χ1n) is 11.6. The Morgan fingerprint density at radius 2 is 1.91 bits per heavy atom. The van der Waals surface area contributed by atoms with Crippen molar-refractivity contribution < 1.29 is 14.6 Å². The highest BCUT2D eigenvalue weighted by atomic mass is 16.5. The van der Waals surface area contributed by atoms with Crippen molar-refractivity contribution in [1.29, 1.82) is 0 Å². The summed E-state index contributed by atoms with van der Waals surface area (Å²) < 4.78 is 5.77. The van der Waals surface area contributed by atoms with Gasteiger partial charge in [0.2, 0.25) is 0 Å². The van der Waals surface area contributed by atoms with Gasteiger partial charge in [0.15, 0.2) is 5.78 Å². The second-order valence-electron chi connectivity index (χ2n) is 9.52. The van der Waals surface area contributed by atoms with E-state index in [1.54, 1.807) is 0 Å². The Balaban J connectivity index is 1.15. The average molecular weight is 427 g/mol. The minimum absolute atomic E-state index is 0.170. The van der Waals surface area contributed by atoms with Crippen LogP contribution in [0.4, 0.5) is 0 Å². The first-order valence-corrected chi connectivity index (χ1v) is 11.6. The molecule has 0 bridgehead atoms. The molecular weight excluding hydrogens is 396 g/mol. The average Bonchev–Trinajstić information content (AvgIpc) is 3.18. The van der Waals surface area contributed by atoms with E-state index in [2.05, 4.69) is 49.1 Å². The van der Waals surface area contributed by atoms with Crippen LogP contribution in [0.1, 0.15) is 32.1 Å². The molecule has 0 aliphatic heterocycles. The molecule has 0 heterocycles. The van der Waals surface area contributed by atoms with Gasteiger partial charge in [-0.1, -0.05) is 66.8 Å². The fraction of sp³-hybridized carbons (Fsp3) is 0.345. The highest BCUT2D eigenvalue weighted by Gasteiger charge is 2.34. The summed E-state index contributed by atoms with van der Waals surface area (Å²) in [4.78, 5) is 12.9. The van der Waals surface area contributed by atoms with Crippen molar-refractivity contribution in [2.45, 2.75) is 37.7 Å². The van der Waals surface area contributed by atoms with Gasteiger partial charge in [-0.3, -0.25) is 4.79 Å². The number of hydrogen-bond donors (Lipinski definition) is 1. The molecule has 0 aromatic carbocycles. The summed E-state index contributed by atoms with van der Waals surface area (Å²) in [6, 6.07) is 0. The third-order valence-electron chi connectivity index (χ3n) is 7.03. The number of hydrogen-bond acceptors (Lipinski definition) is 3. The predicted octanol–water partition coefficient (Wildman–Crippen LogP) is 5.41. The normalized spacial score (nSPS) is 26.9. The van der Waals surface area contributed by atoms with Gasteiger partial charge in [-0.2, -0.15) is 0 Å². The number of ether oxygens (including phenoxy) is 1. The minimum atomic E-state index is -0.599. The number of fused-ring (bicyclic) bond motifs is 2. The maximum atomic E-state index is 12.9. The van der Waals surface area contributed by atoms with Crippen LogP contribution in [0.2, 0.25) is 0 Å². The van der Waals surface area contributed by atoms with Crippen molar-refractivity contribution in [2.24, 2.45) is 11.8 Å². The van der Waals surface area contributed by atoms with Gasteiger partial charge < -0.3 is 9.84 Å². The Labute approximate surface area is 190 Å². The zero-order valence-electron chi connectivity index (χ0n) is 18.4. The number of carbonyl (C=O) groups is 1. The fourth-order valence-electron chi connectivity index (χ4n) is 4.92. The van der Waals surface area contributed by atoms with Crippen molar-refractivity contribution in [3.8, 4) is 0 Å². The van der Waals surface area contributed by atoms with Crippen LogP contribution in [0.3, 0.4) is 0 Å². The van der Waals surface area contributed by atoms with E-state index in [1.807, 2.05) is 24.3 Å². The predicted molar refractivity (Wildman–Crippen MR) is 128 cm³/mol. The van der Waals surface area contributed by atoms with Crippen molar-refractivity contribution >= 4 is 5.78 Å². The van der Waals surface area contributed by atoms with Gasteiger partial charge in [0, 0.05) is 23.8 Å².